The summed E-state index contributed by atoms with van der Waals surface area (Å²) in [6.07, 6.45) is 12.6. The number of aromatic nitrogens is 6. The molecule has 0 aliphatic heterocycles. The zero-order valence-electron chi connectivity index (χ0n) is 16.3. The Morgan fingerprint density at radius 3 is 2.90 bits per heavy atom. The van der Waals surface area contributed by atoms with Crippen molar-refractivity contribution >= 4 is 17.2 Å². The number of fused-ring (bicyclic) bond motifs is 1. The molecule has 5 rings (SSSR count). The summed E-state index contributed by atoms with van der Waals surface area (Å²) in [6.45, 7) is 2.23. The van der Waals surface area contributed by atoms with Crippen LogP contribution in [0.2, 0.25) is 0 Å². The molecule has 0 saturated heterocycles. The number of nitrogens with one attached hydrogen (secondary N) is 1. The fourth-order valence-corrected chi connectivity index (χ4v) is 4.49. The Morgan fingerprint density at radius 2 is 2.14 bits per heavy atom. The van der Waals surface area contributed by atoms with Crippen LogP contribution in [0.5, 0.6) is 0 Å². The van der Waals surface area contributed by atoms with Gasteiger partial charge in [0.05, 0.1) is 22.9 Å². The Morgan fingerprint density at radius 1 is 1.28 bits per heavy atom. The third-order valence-electron chi connectivity index (χ3n) is 5.75. The monoisotopic (exact) mass is 387 g/mol. The van der Waals surface area contributed by atoms with Crippen LogP contribution in [0.1, 0.15) is 41.5 Å². The highest BCUT2D eigenvalue weighted by atomic mass is 16.1. The number of imidazole rings is 1. The number of rotatable bonds is 4. The van der Waals surface area contributed by atoms with Gasteiger partial charge in [0.1, 0.15) is 17.8 Å². The van der Waals surface area contributed by atoms with E-state index in [0.717, 1.165) is 24.2 Å². The van der Waals surface area contributed by atoms with Crippen LogP contribution >= 0.6 is 0 Å². The van der Waals surface area contributed by atoms with Crippen molar-refractivity contribution in [2.75, 3.05) is 5.32 Å². The minimum absolute atomic E-state index is 0.213. The van der Waals surface area contributed by atoms with E-state index in [1.165, 1.54) is 0 Å². The van der Waals surface area contributed by atoms with Gasteiger partial charge in [0.15, 0.2) is 0 Å². The van der Waals surface area contributed by atoms with E-state index in [-0.39, 0.29) is 11.3 Å². The molecule has 29 heavy (non-hydrogen) atoms. The topological polar surface area (TPSA) is 90.0 Å². The van der Waals surface area contributed by atoms with Crippen LogP contribution in [0.25, 0.3) is 5.65 Å². The molecule has 0 atom stereocenters. The van der Waals surface area contributed by atoms with Crippen LogP contribution in [0.4, 0.5) is 5.69 Å². The number of nitrogens with zero attached hydrogens (tertiary/aromatic N) is 6. The number of anilines is 1. The van der Waals surface area contributed by atoms with Crippen LogP contribution in [-0.4, -0.2) is 35.0 Å². The smallest absolute Gasteiger partial charge is 0.259 e. The molecule has 1 fully saturated rings. The van der Waals surface area contributed by atoms with Gasteiger partial charge >= 0.3 is 0 Å². The van der Waals surface area contributed by atoms with E-state index in [0.29, 0.717) is 22.8 Å². The summed E-state index contributed by atoms with van der Waals surface area (Å²) < 4.78 is 3.79. The maximum absolute atomic E-state index is 12.9. The number of carbonyl (C=O) groups excluding carboxylic acids is 1. The molecule has 0 spiro atoms. The third kappa shape index (κ3) is 2.79. The summed E-state index contributed by atoms with van der Waals surface area (Å²) in [4.78, 5) is 21.6. The summed E-state index contributed by atoms with van der Waals surface area (Å²) in [5, 5.41) is 11.4. The zero-order chi connectivity index (χ0) is 20.0. The van der Waals surface area contributed by atoms with Crippen molar-refractivity contribution in [1.29, 1.82) is 0 Å². The molecule has 4 aromatic heterocycles. The molecule has 146 valence electrons. The SMILES string of the molecule is CC1CC(c2cncc(NC(=O)c3cccn4ccnc34)c2)(c2nncn2C)C1. The van der Waals surface area contributed by atoms with Crippen LogP contribution < -0.4 is 5.32 Å². The average molecular weight is 387 g/mol. The second-order valence-corrected chi connectivity index (χ2v) is 7.86. The Labute approximate surface area is 167 Å². The van der Waals surface area contributed by atoms with Crippen LogP contribution in [0.3, 0.4) is 0 Å². The molecule has 8 heteroatoms. The highest BCUT2D eigenvalue weighted by Crippen LogP contribution is 2.51. The van der Waals surface area contributed by atoms with Crippen LogP contribution in [0.15, 0.2) is 55.5 Å². The number of hydrogen-bond donors (Lipinski definition) is 1. The Balaban J connectivity index is 1.48. The van der Waals surface area contributed by atoms with E-state index in [4.69, 9.17) is 0 Å². The summed E-state index contributed by atoms with van der Waals surface area (Å²) in [5.41, 5.74) is 2.62. The molecular formula is C21H21N7O. The van der Waals surface area contributed by atoms with E-state index in [9.17, 15) is 4.79 Å². The third-order valence-corrected chi connectivity index (χ3v) is 5.75. The quantitative estimate of drug-likeness (QED) is 0.582. The van der Waals surface area contributed by atoms with E-state index in [1.54, 1.807) is 24.8 Å². The summed E-state index contributed by atoms with van der Waals surface area (Å²) in [5.74, 6) is 1.32. The summed E-state index contributed by atoms with van der Waals surface area (Å²) >= 11 is 0. The minimum atomic E-state index is -0.221. The molecular weight excluding hydrogens is 366 g/mol. The number of amides is 1. The predicted molar refractivity (Wildman–Crippen MR) is 108 cm³/mol. The number of aryl methyl sites for hydroxylation is 1. The Bertz CT molecular complexity index is 1200. The summed E-state index contributed by atoms with van der Waals surface area (Å²) in [7, 11) is 1.96. The lowest BCUT2D eigenvalue weighted by molar-refractivity contribution is 0.102. The van der Waals surface area contributed by atoms with Gasteiger partial charge < -0.3 is 14.3 Å². The number of hydrogen-bond acceptors (Lipinski definition) is 5. The van der Waals surface area contributed by atoms with Gasteiger partial charge in [-0.3, -0.25) is 9.78 Å². The first kappa shape index (κ1) is 17.5. The lowest BCUT2D eigenvalue weighted by Gasteiger charge is -2.45. The molecule has 1 saturated carbocycles. The van der Waals surface area contributed by atoms with E-state index < -0.39 is 0 Å². The van der Waals surface area contributed by atoms with Crippen molar-refractivity contribution in [3.05, 3.63) is 72.5 Å². The summed E-state index contributed by atoms with van der Waals surface area (Å²) in [6, 6.07) is 5.60. The van der Waals surface area contributed by atoms with Gasteiger partial charge in [0.25, 0.3) is 5.91 Å². The van der Waals surface area contributed by atoms with Gasteiger partial charge in [-0.15, -0.1) is 10.2 Å². The Hall–Kier alpha value is -3.55. The fourth-order valence-electron chi connectivity index (χ4n) is 4.49. The van der Waals surface area contributed by atoms with Crippen molar-refractivity contribution in [2.45, 2.75) is 25.2 Å². The maximum Gasteiger partial charge on any atom is 0.259 e. The van der Waals surface area contributed by atoms with Crippen molar-refractivity contribution in [3.8, 4) is 0 Å². The molecule has 0 bridgehead atoms. The Kier molecular flexibility index (Phi) is 3.94. The molecule has 8 nitrogen and oxygen atoms in total. The van der Waals surface area contributed by atoms with Crippen molar-refractivity contribution in [3.63, 3.8) is 0 Å². The molecule has 1 N–H and O–H groups in total. The number of carbonyl (C=O) groups is 1. The first-order valence-electron chi connectivity index (χ1n) is 9.60. The molecule has 0 unspecified atom stereocenters. The fraction of sp³-hybridized carbons (Fsp3) is 0.286. The van der Waals surface area contributed by atoms with Gasteiger partial charge in [-0.1, -0.05) is 6.92 Å². The van der Waals surface area contributed by atoms with Gasteiger partial charge in [-0.2, -0.15) is 0 Å². The average Bonchev–Trinajstić information content (AvgIpc) is 3.34. The maximum atomic E-state index is 12.9. The molecule has 4 heterocycles. The molecule has 0 radical (unpaired) electrons. The standard InChI is InChI=1S/C21H21N7O/c1-14-9-21(10-14,20-26-24-13-27(20)2)15-8-16(12-22-11-15)25-19(29)17-4-3-6-28-7-5-23-18(17)28/h3-8,11-14H,9-10H2,1-2H3,(H,25,29). The van der Waals surface area contributed by atoms with Gasteiger partial charge in [0, 0.05) is 31.8 Å². The first-order valence-corrected chi connectivity index (χ1v) is 9.60. The molecule has 1 aliphatic rings. The van der Waals surface area contributed by atoms with Gasteiger partial charge in [-0.05, 0) is 42.5 Å². The van der Waals surface area contributed by atoms with Crippen LogP contribution in [0, 0.1) is 5.92 Å². The van der Waals surface area contributed by atoms with Crippen molar-refractivity contribution in [2.24, 2.45) is 13.0 Å². The lowest BCUT2D eigenvalue weighted by Crippen LogP contribution is -2.43. The molecule has 4 aromatic rings. The highest BCUT2D eigenvalue weighted by molar-refractivity contribution is 6.08. The van der Waals surface area contributed by atoms with Gasteiger partial charge in [0.2, 0.25) is 0 Å². The number of pyridine rings is 2. The lowest BCUT2D eigenvalue weighted by atomic mass is 9.59. The molecule has 1 amide bonds. The van der Waals surface area contributed by atoms with Gasteiger partial charge in [-0.25, -0.2) is 4.98 Å². The minimum Gasteiger partial charge on any atom is -0.320 e. The second-order valence-electron chi connectivity index (χ2n) is 7.86. The van der Waals surface area contributed by atoms with E-state index in [2.05, 4.69) is 32.4 Å². The molecule has 1 aliphatic carbocycles. The van der Waals surface area contributed by atoms with Crippen molar-refractivity contribution < 1.29 is 4.79 Å². The largest absolute Gasteiger partial charge is 0.320 e. The van der Waals surface area contributed by atoms with E-state index >= 15 is 0 Å². The predicted octanol–water partition coefficient (Wildman–Crippen LogP) is 2.83. The van der Waals surface area contributed by atoms with Crippen molar-refractivity contribution in [1.82, 2.24) is 29.1 Å². The highest BCUT2D eigenvalue weighted by Gasteiger charge is 2.48. The zero-order valence-corrected chi connectivity index (χ0v) is 16.3. The molecule has 0 aromatic carbocycles. The first-order chi connectivity index (χ1) is 14.1. The normalized spacial score (nSPS) is 21.1. The second kappa shape index (κ2) is 6.51. The van der Waals surface area contributed by atoms with E-state index in [1.807, 2.05) is 46.7 Å². The van der Waals surface area contributed by atoms with Crippen LogP contribution in [-0.2, 0) is 12.5 Å².